The highest BCUT2D eigenvalue weighted by Gasteiger charge is 2.21. The summed E-state index contributed by atoms with van der Waals surface area (Å²) in [5, 5.41) is 11.0. The lowest BCUT2D eigenvalue weighted by Crippen LogP contribution is -2.35. The van der Waals surface area contributed by atoms with Gasteiger partial charge in [-0.3, -0.25) is 0 Å². The zero-order chi connectivity index (χ0) is 14.7. The van der Waals surface area contributed by atoms with Gasteiger partial charge in [-0.15, -0.1) is 0 Å². The molecule has 0 aliphatic carbocycles. The van der Waals surface area contributed by atoms with Crippen LogP contribution in [0.2, 0.25) is 0 Å². The molecule has 0 radical (unpaired) electrons. The minimum absolute atomic E-state index is 0.546. The first-order valence-corrected chi connectivity index (χ1v) is 7.39. The van der Waals surface area contributed by atoms with Gasteiger partial charge in [0.05, 0.1) is 11.0 Å². The first-order chi connectivity index (χ1) is 10.2. The molecule has 6 heteroatoms. The monoisotopic (exact) mass is 288 g/mol. The highest BCUT2D eigenvalue weighted by atomic mass is 16.4. The van der Waals surface area contributed by atoms with Crippen molar-refractivity contribution in [2.45, 2.75) is 19.3 Å². The molecule has 3 N–H and O–H groups in total. The SMILES string of the molecule is O=C(O)NCCC1CCN(c2nc3ccccc3[nH]2)CC1. The molecule has 1 aliphatic rings. The van der Waals surface area contributed by atoms with Crippen LogP contribution in [-0.2, 0) is 0 Å². The van der Waals surface area contributed by atoms with Crippen molar-refractivity contribution in [3.63, 3.8) is 0 Å². The van der Waals surface area contributed by atoms with Gasteiger partial charge in [-0.2, -0.15) is 0 Å². The standard InChI is InChI=1S/C15H20N4O2/c20-15(21)16-8-5-11-6-9-19(10-7-11)14-17-12-3-1-2-4-13(12)18-14/h1-4,11,16H,5-10H2,(H,17,18)(H,20,21). The van der Waals surface area contributed by atoms with E-state index in [1.807, 2.05) is 24.3 Å². The Bertz CT molecular complexity index is 584. The lowest BCUT2D eigenvalue weighted by molar-refractivity contribution is 0.193. The first-order valence-electron chi connectivity index (χ1n) is 7.39. The number of nitrogens with zero attached hydrogens (tertiary/aromatic N) is 2. The maximum absolute atomic E-state index is 10.4. The Balaban J connectivity index is 1.54. The average Bonchev–Trinajstić information content (AvgIpc) is 2.91. The van der Waals surface area contributed by atoms with Crippen molar-refractivity contribution in [3.05, 3.63) is 24.3 Å². The second kappa shape index (κ2) is 6.03. The summed E-state index contributed by atoms with van der Waals surface area (Å²) in [7, 11) is 0. The molecule has 21 heavy (non-hydrogen) atoms. The van der Waals surface area contributed by atoms with E-state index < -0.39 is 6.09 Å². The predicted octanol–water partition coefficient (Wildman–Crippen LogP) is 2.44. The number of fused-ring (bicyclic) bond motifs is 1. The van der Waals surface area contributed by atoms with Gasteiger partial charge in [0.1, 0.15) is 0 Å². The number of imidazole rings is 1. The Morgan fingerprint density at radius 2 is 2.14 bits per heavy atom. The first kappa shape index (κ1) is 13.7. The number of piperidine rings is 1. The highest BCUT2D eigenvalue weighted by Crippen LogP contribution is 2.24. The third kappa shape index (κ3) is 3.26. The zero-order valence-electron chi connectivity index (χ0n) is 11.9. The third-order valence-electron chi connectivity index (χ3n) is 4.12. The van der Waals surface area contributed by atoms with Crippen molar-refractivity contribution < 1.29 is 9.90 Å². The molecule has 1 fully saturated rings. The number of para-hydroxylation sites is 2. The molecular formula is C15H20N4O2. The summed E-state index contributed by atoms with van der Waals surface area (Å²) in [5.41, 5.74) is 2.07. The van der Waals surface area contributed by atoms with E-state index in [1.54, 1.807) is 0 Å². The number of anilines is 1. The van der Waals surface area contributed by atoms with Gasteiger partial charge < -0.3 is 20.3 Å². The van der Waals surface area contributed by atoms with Gasteiger partial charge in [-0.1, -0.05) is 12.1 Å². The van der Waals surface area contributed by atoms with Gasteiger partial charge in [0.15, 0.2) is 0 Å². The van der Waals surface area contributed by atoms with Crippen molar-refractivity contribution in [1.82, 2.24) is 15.3 Å². The Hall–Kier alpha value is -2.24. The van der Waals surface area contributed by atoms with Crippen molar-refractivity contribution in [3.8, 4) is 0 Å². The number of carbonyl (C=O) groups is 1. The van der Waals surface area contributed by atoms with Crippen LogP contribution in [0.5, 0.6) is 0 Å². The van der Waals surface area contributed by atoms with E-state index in [0.29, 0.717) is 12.5 Å². The molecule has 1 amide bonds. The van der Waals surface area contributed by atoms with Crippen LogP contribution in [-0.4, -0.2) is 40.8 Å². The summed E-state index contributed by atoms with van der Waals surface area (Å²) in [6, 6.07) is 8.05. The number of rotatable bonds is 4. The van der Waals surface area contributed by atoms with E-state index in [0.717, 1.165) is 49.3 Å². The smallest absolute Gasteiger partial charge is 0.404 e. The van der Waals surface area contributed by atoms with E-state index in [1.165, 1.54) is 0 Å². The summed E-state index contributed by atoms with van der Waals surface area (Å²) >= 11 is 0. The van der Waals surface area contributed by atoms with Crippen LogP contribution in [0.3, 0.4) is 0 Å². The van der Waals surface area contributed by atoms with Gasteiger partial charge in [-0.05, 0) is 37.3 Å². The number of H-pyrrole nitrogens is 1. The van der Waals surface area contributed by atoms with E-state index in [4.69, 9.17) is 5.11 Å². The summed E-state index contributed by atoms with van der Waals surface area (Å²) in [5.74, 6) is 1.54. The normalized spacial score (nSPS) is 16.3. The fraction of sp³-hybridized carbons (Fsp3) is 0.467. The van der Waals surface area contributed by atoms with Gasteiger partial charge in [0.25, 0.3) is 0 Å². The largest absolute Gasteiger partial charge is 0.465 e. The van der Waals surface area contributed by atoms with Gasteiger partial charge >= 0.3 is 6.09 Å². The van der Waals surface area contributed by atoms with E-state index in [-0.39, 0.29) is 0 Å². The molecule has 2 heterocycles. The van der Waals surface area contributed by atoms with Gasteiger partial charge in [-0.25, -0.2) is 9.78 Å². The molecule has 2 aromatic rings. The number of hydrogen-bond donors (Lipinski definition) is 3. The fourth-order valence-electron chi connectivity index (χ4n) is 2.91. The van der Waals surface area contributed by atoms with Crippen LogP contribution in [0.1, 0.15) is 19.3 Å². The quantitative estimate of drug-likeness (QED) is 0.807. The second-order valence-electron chi connectivity index (χ2n) is 5.53. The summed E-state index contributed by atoms with van der Waals surface area (Å²) in [6.45, 7) is 2.49. The molecule has 0 atom stereocenters. The van der Waals surface area contributed by atoms with Crippen LogP contribution in [0, 0.1) is 5.92 Å². The number of aromatic amines is 1. The summed E-state index contributed by atoms with van der Waals surface area (Å²) in [4.78, 5) is 20.7. The highest BCUT2D eigenvalue weighted by molar-refractivity contribution is 5.77. The number of carboxylic acid groups (broad SMARTS) is 1. The number of nitrogens with one attached hydrogen (secondary N) is 2. The molecule has 1 aromatic carbocycles. The molecule has 0 bridgehead atoms. The summed E-state index contributed by atoms with van der Waals surface area (Å²) < 4.78 is 0. The molecule has 0 saturated carbocycles. The fourth-order valence-corrected chi connectivity index (χ4v) is 2.91. The van der Waals surface area contributed by atoms with Gasteiger partial charge in [0, 0.05) is 19.6 Å². The van der Waals surface area contributed by atoms with Crippen LogP contribution in [0.4, 0.5) is 10.7 Å². The molecule has 1 aliphatic heterocycles. The molecule has 3 rings (SSSR count). The van der Waals surface area contributed by atoms with Crippen molar-refractivity contribution in [2.24, 2.45) is 5.92 Å². The molecule has 112 valence electrons. The minimum atomic E-state index is -0.935. The third-order valence-corrected chi connectivity index (χ3v) is 4.12. The van der Waals surface area contributed by atoms with Crippen LogP contribution in [0.15, 0.2) is 24.3 Å². The molecule has 0 unspecified atom stereocenters. The maximum atomic E-state index is 10.4. The van der Waals surface area contributed by atoms with Crippen LogP contribution >= 0.6 is 0 Å². The average molecular weight is 288 g/mol. The Morgan fingerprint density at radius 3 is 2.86 bits per heavy atom. The molecular weight excluding hydrogens is 268 g/mol. The number of aromatic nitrogens is 2. The molecule has 6 nitrogen and oxygen atoms in total. The van der Waals surface area contributed by atoms with E-state index in [2.05, 4.69) is 20.2 Å². The Labute approximate surface area is 123 Å². The van der Waals surface area contributed by atoms with Crippen molar-refractivity contribution >= 4 is 23.1 Å². The Kier molecular flexibility index (Phi) is 3.94. The van der Waals surface area contributed by atoms with E-state index >= 15 is 0 Å². The topological polar surface area (TPSA) is 81.2 Å². The number of amides is 1. The predicted molar refractivity (Wildman–Crippen MR) is 81.7 cm³/mol. The molecule has 1 saturated heterocycles. The van der Waals surface area contributed by atoms with Crippen LogP contribution < -0.4 is 10.2 Å². The van der Waals surface area contributed by atoms with Crippen molar-refractivity contribution in [2.75, 3.05) is 24.5 Å². The summed E-state index contributed by atoms with van der Waals surface area (Å²) in [6.07, 6.45) is 2.14. The molecule has 1 aromatic heterocycles. The number of benzene rings is 1. The van der Waals surface area contributed by atoms with Crippen molar-refractivity contribution in [1.29, 1.82) is 0 Å². The van der Waals surface area contributed by atoms with Gasteiger partial charge in [0.2, 0.25) is 5.95 Å². The Morgan fingerprint density at radius 1 is 1.38 bits per heavy atom. The zero-order valence-corrected chi connectivity index (χ0v) is 11.9. The lowest BCUT2D eigenvalue weighted by atomic mass is 9.94. The minimum Gasteiger partial charge on any atom is -0.465 e. The van der Waals surface area contributed by atoms with Crippen LogP contribution in [0.25, 0.3) is 11.0 Å². The lowest BCUT2D eigenvalue weighted by Gasteiger charge is -2.31. The maximum Gasteiger partial charge on any atom is 0.404 e. The number of hydrogen-bond acceptors (Lipinski definition) is 3. The van der Waals surface area contributed by atoms with E-state index in [9.17, 15) is 4.79 Å². The second-order valence-corrected chi connectivity index (χ2v) is 5.53. The molecule has 0 spiro atoms.